The summed E-state index contributed by atoms with van der Waals surface area (Å²) in [6.07, 6.45) is 0.579. The van der Waals surface area contributed by atoms with E-state index in [1.54, 1.807) is 50.2 Å². The zero-order chi connectivity index (χ0) is 22.8. The number of aryl methyl sites for hydroxylation is 1. The number of rotatable bonds is 7. The van der Waals surface area contributed by atoms with Crippen LogP contribution in [0.5, 0.6) is 0 Å². The van der Waals surface area contributed by atoms with Gasteiger partial charge in [0, 0.05) is 16.0 Å². The van der Waals surface area contributed by atoms with Gasteiger partial charge >= 0.3 is 5.97 Å². The molecular weight excluding hydrogens is 432 g/mol. The molecule has 0 aliphatic heterocycles. The third kappa shape index (κ3) is 4.48. The summed E-state index contributed by atoms with van der Waals surface area (Å²) in [5, 5.41) is 18.6. The maximum absolute atomic E-state index is 12.3. The minimum absolute atomic E-state index is 0.145. The number of anilines is 1. The van der Waals surface area contributed by atoms with E-state index in [0.717, 1.165) is 21.8 Å². The van der Waals surface area contributed by atoms with Crippen LogP contribution in [0.1, 0.15) is 40.9 Å². The SMILES string of the molecule is CCc1sc(C(=O)O)c(-c2ccc(-c3ccccc3NS(=O)(=O)C(C)C)cc2)c1C#N. The number of nitrogens with zero attached hydrogens (tertiary/aromatic N) is 1. The molecule has 0 radical (unpaired) electrons. The molecule has 0 saturated carbocycles. The Morgan fingerprint density at radius 3 is 2.29 bits per heavy atom. The molecule has 2 N–H and O–H groups in total. The lowest BCUT2D eigenvalue weighted by atomic mass is 9.96. The van der Waals surface area contributed by atoms with Gasteiger partial charge in [0.05, 0.1) is 16.5 Å². The molecule has 3 rings (SSSR count). The Kier molecular flexibility index (Phi) is 6.48. The highest BCUT2D eigenvalue weighted by Gasteiger charge is 2.23. The van der Waals surface area contributed by atoms with E-state index in [-0.39, 0.29) is 4.88 Å². The summed E-state index contributed by atoms with van der Waals surface area (Å²) in [6.45, 7) is 5.11. The standard InChI is InChI=1S/C23H22N2O4S2/c1-4-20-18(13-24)21(22(30-20)23(26)27)16-11-9-15(10-12-16)17-7-5-6-8-19(17)25-31(28,29)14(2)3/h5-12,14,25H,4H2,1-3H3,(H,26,27). The van der Waals surface area contributed by atoms with Gasteiger partial charge in [0.15, 0.2) is 0 Å². The summed E-state index contributed by atoms with van der Waals surface area (Å²) in [5.74, 6) is -1.06. The number of benzene rings is 2. The Hall–Kier alpha value is -3.15. The van der Waals surface area contributed by atoms with Gasteiger partial charge in [-0.3, -0.25) is 4.72 Å². The Balaban J connectivity index is 2.07. The first kappa shape index (κ1) is 22.5. The van der Waals surface area contributed by atoms with Crippen LogP contribution in [0.25, 0.3) is 22.3 Å². The van der Waals surface area contributed by atoms with Crippen molar-refractivity contribution in [2.24, 2.45) is 0 Å². The molecule has 0 unspecified atom stereocenters. The number of sulfonamides is 1. The van der Waals surface area contributed by atoms with E-state index in [1.807, 2.05) is 19.1 Å². The van der Waals surface area contributed by atoms with Crippen molar-refractivity contribution in [1.29, 1.82) is 5.26 Å². The van der Waals surface area contributed by atoms with E-state index in [1.165, 1.54) is 0 Å². The molecule has 2 aromatic carbocycles. The summed E-state index contributed by atoms with van der Waals surface area (Å²) in [5.41, 5.74) is 3.40. The number of para-hydroxylation sites is 1. The first-order chi connectivity index (χ1) is 14.7. The molecule has 0 fully saturated rings. The first-order valence-corrected chi connectivity index (χ1v) is 12.1. The number of carbonyl (C=O) groups is 1. The molecule has 31 heavy (non-hydrogen) atoms. The summed E-state index contributed by atoms with van der Waals surface area (Å²) >= 11 is 1.13. The maximum atomic E-state index is 12.3. The van der Waals surface area contributed by atoms with E-state index in [2.05, 4.69) is 10.8 Å². The Bertz CT molecular complexity index is 1270. The molecule has 0 saturated heterocycles. The maximum Gasteiger partial charge on any atom is 0.346 e. The predicted octanol–water partition coefficient (Wildman–Crippen LogP) is 5.36. The van der Waals surface area contributed by atoms with Crippen LogP contribution in [0.3, 0.4) is 0 Å². The number of hydrogen-bond acceptors (Lipinski definition) is 5. The van der Waals surface area contributed by atoms with Crippen LogP contribution in [-0.2, 0) is 16.4 Å². The minimum Gasteiger partial charge on any atom is -0.477 e. The van der Waals surface area contributed by atoms with Gasteiger partial charge in [0.1, 0.15) is 10.9 Å². The molecule has 3 aromatic rings. The molecule has 0 aliphatic rings. The smallest absolute Gasteiger partial charge is 0.346 e. The molecular formula is C23H22N2O4S2. The minimum atomic E-state index is -3.51. The van der Waals surface area contributed by atoms with Gasteiger partial charge in [-0.2, -0.15) is 5.26 Å². The zero-order valence-corrected chi connectivity index (χ0v) is 19.0. The third-order valence-electron chi connectivity index (χ3n) is 4.89. The largest absolute Gasteiger partial charge is 0.477 e. The van der Waals surface area contributed by atoms with Gasteiger partial charge in [-0.1, -0.05) is 49.4 Å². The summed E-state index contributed by atoms with van der Waals surface area (Å²) < 4.78 is 27.3. The number of carboxylic acid groups (broad SMARTS) is 1. The predicted molar refractivity (Wildman–Crippen MR) is 124 cm³/mol. The fourth-order valence-electron chi connectivity index (χ4n) is 3.18. The normalized spacial score (nSPS) is 11.3. The highest BCUT2D eigenvalue weighted by atomic mass is 32.2. The quantitative estimate of drug-likeness (QED) is 0.499. The van der Waals surface area contributed by atoms with Crippen molar-refractivity contribution < 1.29 is 18.3 Å². The van der Waals surface area contributed by atoms with Gasteiger partial charge in [-0.05, 0) is 37.5 Å². The van der Waals surface area contributed by atoms with Crippen LogP contribution < -0.4 is 4.72 Å². The highest BCUT2D eigenvalue weighted by molar-refractivity contribution is 7.93. The Morgan fingerprint density at radius 1 is 1.13 bits per heavy atom. The number of carboxylic acids is 1. The molecule has 160 valence electrons. The highest BCUT2D eigenvalue weighted by Crippen LogP contribution is 2.38. The monoisotopic (exact) mass is 454 g/mol. The van der Waals surface area contributed by atoms with Gasteiger partial charge < -0.3 is 5.11 Å². The third-order valence-corrected chi connectivity index (χ3v) is 7.96. The lowest BCUT2D eigenvalue weighted by Crippen LogP contribution is -2.22. The van der Waals surface area contributed by atoms with Gasteiger partial charge in [-0.25, -0.2) is 13.2 Å². The average molecular weight is 455 g/mol. The van der Waals surface area contributed by atoms with Crippen LogP contribution in [-0.4, -0.2) is 24.7 Å². The van der Waals surface area contributed by atoms with Crippen LogP contribution >= 0.6 is 11.3 Å². The Labute approximate surface area is 185 Å². The van der Waals surface area contributed by atoms with Crippen LogP contribution in [0.15, 0.2) is 48.5 Å². The lowest BCUT2D eigenvalue weighted by Gasteiger charge is -2.15. The first-order valence-electron chi connectivity index (χ1n) is 9.70. The fraction of sp³-hybridized carbons (Fsp3) is 0.217. The molecule has 1 aromatic heterocycles. The van der Waals surface area contributed by atoms with Crippen molar-refractivity contribution in [3.8, 4) is 28.3 Å². The molecule has 0 aliphatic carbocycles. The van der Waals surface area contributed by atoms with Crippen molar-refractivity contribution in [2.45, 2.75) is 32.4 Å². The summed E-state index contributed by atoms with van der Waals surface area (Å²) in [6, 6.07) is 16.4. The molecule has 0 amide bonds. The molecule has 8 heteroatoms. The Morgan fingerprint density at radius 2 is 1.74 bits per heavy atom. The van der Waals surface area contributed by atoms with Crippen LogP contribution in [0.2, 0.25) is 0 Å². The lowest BCUT2D eigenvalue weighted by molar-refractivity contribution is 0.0703. The van der Waals surface area contributed by atoms with E-state index in [0.29, 0.717) is 34.4 Å². The number of thiophene rings is 1. The topological polar surface area (TPSA) is 107 Å². The van der Waals surface area contributed by atoms with E-state index >= 15 is 0 Å². The van der Waals surface area contributed by atoms with Crippen LogP contribution in [0, 0.1) is 11.3 Å². The van der Waals surface area contributed by atoms with Crippen molar-refractivity contribution in [3.05, 3.63) is 63.8 Å². The second-order valence-electron chi connectivity index (χ2n) is 7.19. The van der Waals surface area contributed by atoms with Crippen molar-refractivity contribution >= 4 is 33.0 Å². The van der Waals surface area contributed by atoms with Crippen molar-refractivity contribution in [2.75, 3.05) is 4.72 Å². The second-order valence-corrected chi connectivity index (χ2v) is 10.5. The fourth-order valence-corrected chi connectivity index (χ4v) is 4.95. The summed E-state index contributed by atoms with van der Waals surface area (Å²) in [4.78, 5) is 12.6. The average Bonchev–Trinajstić information content (AvgIpc) is 3.13. The number of hydrogen-bond donors (Lipinski definition) is 2. The van der Waals surface area contributed by atoms with Crippen molar-refractivity contribution in [1.82, 2.24) is 0 Å². The molecule has 0 bridgehead atoms. The summed E-state index contributed by atoms with van der Waals surface area (Å²) in [7, 11) is -3.51. The van der Waals surface area contributed by atoms with E-state index in [9.17, 15) is 23.6 Å². The number of aromatic carboxylic acids is 1. The molecule has 0 atom stereocenters. The molecule has 0 spiro atoms. The van der Waals surface area contributed by atoms with Gasteiger partial charge in [-0.15, -0.1) is 11.3 Å². The number of nitrogens with one attached hydrogen (secondary N) is 1. The molecule has 1 heterocycles. The second kappa shape index (κ2) is 8.92. The zero-order valence-electron chi connectivity index (χ0n) is 17.3. The number of nitriles is 1. The molecule has 6 nitrogen and oxygen atoms in total. The van der Waals surface area contributed by atoms with Gasteiger partial charge in [0.25, 0.3) is 0 Å². The van der Waals surface area contributed by atoms with Gasteiger partial charge in [0.2, 0.25) is 10.0 Å². The van der Waals surface area contributed by atoms with E-state index in [4.69, 9.17) is 0 Å². The van der Waals surface area contributed by atoms with Crippen LogP contribution in [0.4, 0.5) is 5.69 Å². The van der Waals surface area contributed by atoms with E-state index < -0.39 is 21.2 Å². The van der Waals surface area contributed by atoms with Crippen molar-refractivity contribution in [3.63, 3.8) is 0 Å².